The van der Waals surface area contributed by atoms with E-state index in [1.54, 1.807) is 23.2 Å². The van der Waals surface area contributed by atoms with Crippen LogP contribution >= 0.6 is 11.6 Å². The van der Waals surface area contributed by atoms with Gasteiger partial charge in [0.05, 0.1) is 6.54 Å². The van der Waals surface area contributed by atoms with E-state index in [9.17, 15) is 4.79 Å². The van der Waals surface area contributed by atoms with Crippen molar-refractivity contribution in [3.8, 4) is 0 Å². The molecule has 0 fully saturated rings. The van der Waals surface area contributed by atoms with Gasteiger partial charge in [0.25, 0.3) is 0 Å². The van der Waals surface area contributed by atoms with Crippen molar-refractivity contribution >= 4 is 29.3 Å². The number of benzene rings is 2. The molecule has 1 heterocycles. The lowest BCUT2D eigenvalue weighted by Gasteiger charge is -2.05. The first-order valence-corrected chi connectivity index (χ1v) is 7.73. The molecule has 0 atom stereocenters. The monoisotopic (exact) mass is 338 g/mol. The molecule has 3 rings (SSSR count). The topological polar surface area (TPSA) is 59.8 Å². The van der Waals surface area contributed by atoms with Crippen LogP contribution in [0.4, 0.5) is 5.69 Å². The van der Waals surface area contributed by atoms with Gasteiger partial charge in [0.2, 0.25) is 5.91 Å². The molecule has 1 amide bonds. The molecule has 0 spiro atoms. The molecule has 120 valence electrons. The fraction of sp³-hybridized carbons (Fsp3) is 0.0556. The predicted molar refractivity (Wildman–Crippen MR) is 94.7 cm³/mol. The van der Waals surface area contributed by atoms with Crippen molar-refractivity contribution in [3.63, 3.8) is 0 Å². The summed E-state index contributed by atoms with van der Waals surface area (Å²) in [5.41, 5.74) is 2.61. The van der Waals surface area contributed by atoms with Gasteiger partial charge in [0, 0.05) is 16.8 Å². The average molecular weight is 339 g/mol. The molecule has 6 heteroatoms. The summed E-state index contributed by atoms with van der Waals surface area (Å²) in [6.45, 7) is 0.640. The Bertz CT molecular complexity index is 842. The Kier molecular flexibility index (Phi) is 5.03. The fourth-order valence-electron chi connectivity index (χ4n) is 2.15. The maximum Gasteiger partial charge on any atom is 0.248 e. The predicted octanol–water partition coefficient (Wildman–Crippen LogP) is 3.63. The summed E-state index contributed by atoms with van der Waals surface area (Å²) in [5.74, 6) is -0.209. The van der Waals surface area contributed by atoms with Crippen LogP contribution in [0.1, 0.15) is 11.1 Å². The summed E-state index contributed by atoms with van der Waals surface area (Å²) in [6, 6.07) is 14.9. The van der Waals surface area contributed by atoms with Gasteiger partial charge in [-0.2, -0.15) is 5.10 Å². The first kappa shape index (κ1) is 16.0. The van der Waals surface area contributed by atoms with Gasteiger partial charge in [0.1, 0.15) is 12.7 Å². The summed E-state index contributed by atoms with van der Waals surface area (Å²) in [7, 11) is 0. The van der Waals surface area contributed by atoms with E-state index >= 15 is 0 Å². The van der Waals surface area contributed by atoms with Gasteiger partial charge < -0.3 is 5.32 Å². The summed E-state index contributed by atoms with van der Waals surface area (Å²) in [4.78, 5) is 15.9. The van der Waals surface area contributed by atoms with E-state index in [1.165, 1.54) is 12.4 Å². The zero-order chi connectivity index (χ0) is 16.8. The number of aromatic nitrogens is 3. The van der Waals surface area contributed by atoms with Gasteiger partial charge in [-0.05, 0) is 35.4 Å². The van der Waals surface area contributed by atoms with Crippen LogP contribution in [0.25, 0.3) is 6.08 Å². The second-order valence-electron chi connectivity index (χ2n) is 5.13. The lowest BCUT2D eigenvalue weighted by atomic mass is 10.2. The van der Waals surface area contributed by atoms with Crippen molar-refractivity contribution in [2.45, 2.75) is 6.54 Å². The van der Waals surface area contributed by atoms with Crippen molar-refractivity contribution in [1.82, 2.24) is 14.8 Å². The summed E-state index contributed by atoms with van der Waals surface area (Å²) >= 11 is 6.05. The Morgan fingerprint density at radius 3 is 2.67 bits per heavy atom. The molecule has 0 bridgehead atoms. The average Bonchev–Trinajstić information content (AvgIpc) is 3.09. The smallest absolute Gasteiger partial charge is 0.248 e. The number of nitrogens with zero attached hydrogens (tertiary/aromatic N) is 3. The largest absolute Gasteiger partial charge is 0.323 e. The minimum Gasteiger partial charge on any atom is -0.323 e. The van der Waals surface area contributed by atoms with Gasteiger partial charge in [-0.3, -0.25) is 4.79 Å². The third-order valence-electron chi connectivity index (χ3n) is 3.35. The lowest BCUT2D eigenvalue weighted by molar-refractivity contribution is -0.111. The molecule has 0 aliphatic heterocycles. The number of hydrogen-bond donors (Lipinski definition) is 1. The highest BCUT2D eigenvalue weighted by molar-refractivity contribution is 6.32. The van der Waals surface area contributed by atoms with Crippen LogP contribution in [0.2, 0.25) is 5.02 Å². The summed E-state index contributed by atoms with van der Waals surface area (Å²) < 4.78 is 1.74. The van der Waals surface area contributed by atoms with Crippen LogP contribution in [0, 0.1) is 0 Å². The van der Waals surface area contributed by atoms with Crippen molar-refractivity contribution in [2.75, 3.05) is 5.32 Å². The molecule has 3 aromatic rings. The Balaban J connectivity index is 1.59. The molecule has 0 aliphatic carbocycles. The van der Waals surface area contributed by atoms with E-state index in [1.807, 2.05) is 42.5 Å². The van der Waals surface area contributed by atoms with Gasteiger partial charge in [-0.1, -0.05) is 41.9 Å². The van der Waals surface area contributed by atoms with Crippen LogP contribution in [-0.4, -0.2) is 20.7 Å². The molecule has 2 aromatic carbocycles. The highest BCUT2D eigenvalue weighted by atomic mass is 35.5. The Labute approximate surface area is 144 Å². The van der Waals surface area contributed by atoms with Crippen molar-refractivity contribution in [1.29, 1.82) is 0 Å². The minimum absolute atomic E-state index is 0.209. The standard InChI is InChI=1S/C18H15ClN4O/c19-17-4-2-1-3-15(17)7-10-18(24)22-16-8-5-14(6-9-16)11-23-13-20-12-21-23/h1-10,12-13H,11H2,(H,22,24)/b10-7+. The minimum atomic E-state index is -0.209. The lowest BCUT2D eigenvalue weighted by Crippen LogP contribution is -2.08. The molecule has 1 aromatic heterocycles. The van der Waals surface area contributed by atoms with Crippen LogP contribution in [0.15, 0.2) is 67.3 Å². The third-order valence-corrected chi connectivity index (χ3v) is 3.70. The number of carbonyl (C=O) groups is 1. The maximum atomic E-state index is 12.0. The zero-order valence-corrected chi connectivity index (χ0v) is 13.5. The molecule has 0 aliphatic rings. The Hall–Kier alpha value is -2.92. The van der Waals surface area contributed by atoms with E-state index in [0.717, 1.165) is 16.8 Å². The first-order valence-electron chi connectivity index (χ1n) is 7.36. The molecule has 0 saturated carbocycles. The number of carbonyl (C=O) groups excluding carboxylic acids is 1. The SMILES string of the molecule is O=C(/C=C/c1ccccc1Cl)Nc1ccc(Cn2cncn2)cc1. The van der Waals surface area contributed by atoms with E-state index in [0.29, 0.717) is 11.6 Å². The van der Waals surface area contributed by atoms with Gasteiger partial charge >= 0.3 is 0 Å². The Morgan fingerprint density at radius 2 is 1.96 bits per heavy atom. The van der Waals surface area contributed by atoms with Crippen molar-refractivity contribution in [3.05, 3.63) is 83.4 Å². The maximum absolute atomic E-state index is 12.0. The third kappa shape index (κ3) is 4.30. The second-order valence-corrected chi connectivity index (χ2v) is 5.54. The Morgan fingerprint density at radius 1 is 1.17 bits per heavy atom. The van der Waals surface area contributed by atoms with E-state index in [4.69, 9.17) is 11.6 Å². The van der Waals surface area contributed by atoms with Crippen LogP contribution < -0.4 is 5.32 Å². The molecule has 5 nitrogen and oxygen atoms in total. The first-order chi connectivity index (χ1) is 11.7. The molecule has 0 unspecified atom stereocenters. The van der Waals surface area contributed by atoms with Crippen molar-refractivity contribution in [2.24, 2.45) is 0 Å². The molecule has 0 saturated heterocycles. The molecule has 24 heavy (non-hydrogen) atoms. The van der Waals surface area contributed by atoms with Crippen LogP contribution in [0.5, 0.6) is 0 Å². The quantitative estimate of drug-likeness (QED) is 0.723. The number of amides is 1. The van der Waals surface area contributed by atoms with Gasteiger partial charge in [0.15, 0.2) is 0 Å². The second kappa shape index (κ2) is 7.57. The molecule has 1 N–H and O–H groups in total. The van der Waals surface area contributed by atoms with E-state index in [-0.39, 0.29) is 5.91 Å². The summed E-state index contributed by atoms with van der Waals surface area (Å²) in [5, 5.41) is 7.48. The molecular weight excluding hydrogens is 324 g/mol. The van der Waals surface area contributed by atoms with E-state index in [2.05, 4.69) is 15.4 Å². The normalized spacial score (nSPS) is 10.9. The number of anilines is 1. The van der Waals surface area contributed by atoms with Crippen molar-refractivity contribution < 1.29 is 4.79 Å². The highest BCUT2D eigenvalue weighted by Crippen LogP contribution is 2.16. The molecule has 0 radical (unpaired) electrons. The highest BCUT2D eigenvalue weighted by Gasteiger charge is 2.01. The van der Waals surface area contributed by atoms with Crippen LogP contribution in [-0.2, 0) is 11.3 Å². The van der Waals surface area contributed by atoms with Crippen LogP contribution in [0.3, 0.4) is 0 Å². The molecular formula is C18H15ClN4O. The van der Waals surface area contributed by atoms with Gasteiger partial charge in [-0.15, -0.1) is 0 Å². The number of nitrogens with one attached hydrogen (secondary N) is 1. The van der Waals surface area contributed by atoms with E-state index < -0.39 is 0 Å². The fourth-order valence-corrected chi connectivity index (χ4v) is 2.35. The number of rotatable bonds is 5. The summed E-state index contributed by atoms with van der Waals surface area (Å²) in [6.07, 6.45) is 6.32. The number of halogens is 1. The number of hydrogen-bond acceptors (Lipinski definition) is 3. The zero-order valence-electron chi connectivity index (χ0n) is 12.8. The van der Waals surface area contributed by atoms with Gasteiger partial charge in [-0.25, -0.2) is 9.67 Å².